The van der Waals surface area contributed by atoms with Crippen LogP contribution in [0.3, 0.4) is 0 Å². The minimum atomic E-state index is -0.169. The first-order valence-electron chi connectivity index (χ1n) is 7.80. The van der Waals surface area contributed by atoms with Crippen molar-refractivity contribution in [1.82, 2.24) is 15.3 Å². The second-order valence-electron chi connectivity index (χ2n) is 5.04. The van der Waals surface area contributed by atoms with Gasteiger partial charge in [0.2, 0.25) is 0 Å². The number of carbonyl (C=O) groups excluding carboxylic acids is 1. The molecule has 0 atom stereocenters. The Morgan fingerprint density at radius 3 is 2.56 bits per heavy atom. The molecule has 0 saturated carbocycles. The van der Waals surface area contributed by atoms with Gasteiger partial charge in [0.05, 0.1) is 5.01 Å². The summed E-state index contributed by atoms with van der Waals surface area (Å²) in [5, 5.41) is 5.53. The molecule has 2 aromatic rings. The van der Waals surface area contributed by atoms with Crippen LogP contribution in [0.1, 0.15) is 34.9 Å². The van der Waals surface area contributed by atoms with Crippen LogP contribution < -0.4 is 16.0 Å². The number of aromatic nitrogens is 2. The van der Waals surface area contributed by atoms with Crippen LogP contribution in [0.4, 0.5) is 5.82 Å². The number of hydrogen-bond donors (Lipinski definition) is 2. The Morgan fingerprint density at radius 2 is 2.00 bits per heavy atom. The summed E-state index contributed by atoms with van der Waals surface area (Å²) < 4.78 is 0. The maximum atomic E-state index is 12.1. The van der Waals surface area contributed by atoms with Crippen molar-refractivity contribution >= 4 is 47.9 Å². The Morgan fingerprint density at radius 1 is 1.28 bits per heavy atom. The molecule has 0 aliphatic carbocycles. The molecule has 0 spiro atoms. The van der Waals surface area contributed by atoms with Crippen LogP contribution in [0, 0.1) is 0 Å². The number of nitrogens with one attached hydrogen (secondary N) is 1. The van der Waals surface area contributed by atoms with Crippen LogP contribution in [0.2, 0.25) is 0 Å². The largest absolute Gasteiger partial charge is 0.357 e. The number of halogens is 2. The topological polar surface area (TPSA) is 84.1 Å². The highest BCUT2D eigenvalue weighted by atomic mass is 35.5. The highest BCUT2D eigenvalue weighted by Gasteiger charge is 2.10. The lowest BCUT2D eigenvalue weighted by Gasteiger charge is -2.19. The van der Waals surface area contributed by atoms with Crippen molar-refractivity contribution in [2.45, 2.75) is 26.8 Å². The van der Waals surface area contributed by atoms with Crippen LogP contribution in [-0.2, 0) is 13.0 Å². The number of pyridine rings is 1. The van der Waals surface area contributed by atoms with E-state index in [1.165, 1.54) is 11.3 Å². The molecule has 0 aliphatic heterocycles. The summed E-state index contributed by atoms with van der Waals surface area (Å²) in [4.78, 5) is 23.0. The summed E-state index contributed by atoms with van der Waals surface area (Å²) >= 11 is 1.46. The van der Waals surface area contributed by atoms with E-state index < -0.39 is 0 Å². The van der Waals surface area contributed by atoms with Crippen molar-refractivity contribution in [2.75, 3.05) is 24.5 Å². The van der Waals surface area contributed by atoms with Gasteiger partial charge in [0.1, 0.15) is 11.5 Å². The van der Waals surface area contributed by atoms with E-state index in [9.17, 15) is 4.79 Å². The molecule has 140 valence electrons. The van der Waals surface area contributed by atoms with E-state index in [1.807, 2.05) is 12.1 Å². The molecule has 6 nitrogen and oxygen atoms in total. The predicted molar refractivity (Wildman–Crippen MR) is 108 cm³/mol. The fourth-order valence-corrected chi connectivity index (χ4v) is 2.98. The molecule has 3 N–H and O–H groups in total. The Bertz CT molecular complexity index is 632. The first-order valence-corrected chi connectivity index (χ1v) is 8.68. The quantitative estimate of drug-likeness (QED) is 0.704. The summed E-state index contributed by atoms with van der Waals surface area (Å²) in [7, 11) is 0. The van der Waals surface area contributed by atoms with Crippen LogP contribution in [0.15, 0.2) is 23.7 Å². The molecule has 2 heterocycles. The van der Waals surface area contributed by atoms with Gasteiger partial charge in [0, 0.05) is 37.6 Å². The van der Waals surface area contributed by atoms with Crippen molar-refractivity contribution in [2.24, 2.45) is 5.73 Å². The maximum absolute atomic E-state index is 12.1. The molecule has 0 bridgehead atoms. The normalized spacial score (nSPS) is 9.72. The van der Waals surface area contributed by atoms with E-state index >= 15 is 0 Å². The first-order chi connectivity index (χ1) is 11.2. The molecule has 0 aromatic carbocycles. The van der Waals surface area contributed by atoms with Crippen molar-refractivity contribution < 1.29 is 4.79 Å². The van der Waals surface area contributed by atoms with E-state index in [0.29, 0.717) is 25.2 Å². The number of anilines is 1. The zero-order valence-electron chi connectivity index (χ0n) is 14.4. The minimum Gasteiger partial charge on any atom is -0.357 e. The van der Waals surface area contributed by atoms with Crippen LogP contribution >= 0.6 is 36.2 Å². The van der Waals surface area contributed by atoms with Crippen molar-refractivity contribution in [3.05, 3.63) is 40.0 Å². The molecule has 0 unspecified atom stereocenters. The van der Waals surface area contributed by atoms with Gasteiger partial charge in [0.25, 0.3) is 5.91 Å². The molecule has 0 radical (unpaired) electrons. The Balaban J connectivity index is 0.00000288. The summed E-state index contributed by atoms with van der Waals surface area (Å²) in [5.41, 5.74) is 6.90. The second kappa shape index (κ2) is 12.0. The fourth-order valence-electron chi connectivity index (χ4n) is 2.18. The molecule has 0 fully saturated rings. The SMILES string of the molecule is CCN(CC)c1ccc(CNC(=O)c2csc(CCN)n2)cn1.Cl.Cl. The molecule has 0 aliphatic rings. The summed E-state index contributed by atoms with van der Waals surface area (Å²) in [6.45, 7) is 7.04. The van der Waals surface area contributed by atoms with Crippen molar-refractivity contribution in [1.29, 1.82) is 0 Å². The fraction of sp³-hybridized carbons (Fsp3) is 0.438. The van der Waals surface area contributed by atoms with Crippen LogP contribution in [-0.4, -0.2) is 35.5 Å². The van der Waals surface area contributed by atoms with Gasteiger partial charge in [-0.3, -0.25) is 4.79 Å². The average Bonchev–Trinajstić information content (AvgIpc) is 3.04. The average molecular weight is 406 g/mol. The zero-order chi connectivity index (χ0) is 16.7. The molecule has 25 heavy (non-hydrogen) atoms. The minimum absolute atomic E-state index is 0. The van der Waals surface area contributed by atoms with E-state index in [2.05, 4.69) is 34.0 Å². The Hall–Kier alpha value is -1.41. The number of hydrogen-bond acceptors (Lipinski definition) is 6. The highest BCUT2D eigenvalue weighted by Crippen LogP contribution is 2.12. The summed E-state index contributed by atoms with van der Waals surface area (Å²) in [6.07, 6.45) is 2.50. The molecule has 0 saturated heterocycles. The highest BCUT2D eigenvalue weighted by molar-refractivity contribution is 7.09. The zero-order valence-corrected chi connectivity index (χ0v) is 16.8. The number of nitrogens with two attached hydrogens (primary N) is 1. The van der Waals surface area contributed by atoms with Gasteiger partial charge in [-0.1, -0.05) is 6.07 Å². The van der Waals surface area contributed by atoms with E-state index in [4.69, 9.17) is 5.73 Å². The van der Waals surface area contributed by atoms with Gasteiger partial charge >= 0.3 is 0 Å². The van der Waals surface area contributed by atoms with Gasteiger partial charge in [-0.2, -0.15) is 0 Å². The van der Waals surface area contributed by atoms with Gasteiger partial charge in [-0.25, -0.2) is 9.97 Å². The van der Waals surface area contributed by atoms with Crippen LogP contribution in [0.25, 0.3) is 0 Å². The lowest BCUT2D eigenvalue weighted by molar-refractivity contribution is 0.0946. The molecule has 2 rings (SSSR count). The standard InChI is InChI=1S/C16H23N5OS.2ClH/c1-3-21(4-2)14-6-5-12(9-18-14)10-19-16(22)13-11-23-15(20-13)7-8-17;;/h5-6,9,11H,3-4,7-8,10,17H2,1-2H3,(H,19,22);2*1H. The Labute approximate surface area is 165 Å². The van der Waals surface area contributed by atoms with Gasteiger partial charge < -0.3 is 16.0 Å². The molecule has 9 heteroatoms. The van der Waals surface area contributed by atoms with Gasteiger partial charge in [0.15, 0.2) is 0 Å². The monoisotopic (exact) mass is 405 g/mol. The molecular formula is C16H25Cl2N5OS. The lowest BCUT2D eigenvalue weighted by Crippen LogP contribution is -2.24. The number of carbonyl (C=O) groups is 1. The number of thiazole rings is 1. The summed E-state index contributed by atoms with van der Waals surface area (Å²) in [6, 6.07) is 3.97. The third-order valence-corrected chi connectivity index (χ3v) is 4.40. The molecule has 2 aromatic heterocycles. The number of amides is 1. The van der Waals surface area contributed by atoms with E-state index in [1.54, 1.807) is 11.6 Å². The van der Waals surface area contributed by atoms with Crippen molar-refractivity contribution in [3.8, 4) is 0 Å². The van der Waals surface area contributed by atoms with Crippen molar-refractivity contribution in [3.63, 3.8) is 0 Å². The molecular weight excluding hydrogens is 381 g/mol. The smallest absolute Gasteiger partial charge is 0.271 e. The van der Waals surface area contributed by atoms with E-state index in [0.717, 1.165) is 29.5 Å². The maximum Gasteiger partial charge on any atom is 0.271 e. The predicted octanol–water partition coefficient (Wildman–Crippen LogP) is 2.66. The lowest BCUT2D eigenvalue weighted by atomic mass is 10.2. The van der Waals surface area contributed by atoms with Crippen LogP contribution in [0.5, 0.6) is 0 Å². The Kier molecular flexibility index (Phi) is 11.3. The summed E-state index contributed by atoms with van der Waals surface area (Å²) in [5.74, 6) is 0.786. The number of nitrogens with zero attached hydrogens (tertiary/aromatic N) is 3. The first kappa shape index (κ1) is 23.6. The van der Waals surface area contributed by atoms with E-state index in [-0.39, 0.29) is 30.7 Å². The second-order valence-corrected chi connectivity index (χ2v) is 5.99. The molecule has 1 amide bonds. The third kappa shape index (κ3) is 6.78. The van der Waals surface area contributed by atoms with Gasteiger partial charge in [-0.05, 0) is 32.0 Å². The number of rotatable bonds is 8. The third-order valence-electron chi connectivity index (χ3n) is 3.49. The van der Waals surface area contributed by atoms with Gasteiger partial charge in [-0.15, -0.1) is 36.2 Å².